The highest BCUT2D eigenvalue weighted by Crippen LogP contribution is 2.44. The normalized spacial score (nSPS) is 23.6. The molecule has 0 saturated carbocycles. The number of fused-ring (bicyclic) bond motifs is 1. The van der Waals surface area contributed by atoms with Gasteiger partial charge in [0, 0.05) is 18.4 Å². The van der Waals surface area contributed by atoms with Gasteiger partial charge in [-0.1, -0.05) is 22.0 Å². The maximum Gasteiger partial charge on any atom is 0.233 e. The van der Waals surface area contributed by atoms with Gasteiger partial charge in [0.25, 0.3) is 0 Å². The van der Waals surface area contributed by atoms with Crippen molar-refractivity contribution in [3.05, 3.63) is 29.3 Å². The van der Waals surface area contributed by atoms with Crippen molar-refractivity contribution in [1.29, 1.82) is 0 Å². The SMILES string of the molecule is CC1(C(=O)N2CCCCC2)Cc2ccc(OCCCBr)cc21. The molecule has 1 aromatic rings. The Labute approximate surface area is 141 Å². The molecule has 22 heavy (non-hydrogen) atoms. The van der Waals surface area contributed by atoms with E-state index >= 15 is 0 Å². The number of carbonyl (C=O) groups is 1. The second kappa shape index (κ2) is 6.61. The quantitative estimate of drug-likeness (QED) is 0.588. The molecule has 1 amide bonds. The summed E-state index contributed by atoms with van der Waals surface area (Å²) >= 11 is 3.41. The van der Waals surface area contributed by atoms with E-state index < -0.39 is 0 Å². The Morgan fingerprint density at radius 2 is 2.09 bits per heavy atom. The molecule has 0 radical (unpaired) electrons. The van der Waals surface area contributed by atoms with Crippen LogP contribution < -0.4 is 4.74 Å². The first-order valence-corrected chi connectivity index (χ1v) is 9.39. The maximum absolute atomic E-state index is 12.9. The Balaban J connectivity index is 1.73. The van der Waals surface area contributed by atoms with Gasteiger partial charge in [-0.3, -0.25) is 4.79 Å². The van der Waals surface area contributed by atoms with Crippen LogP contribution in [0.3, 0.4) is 0 Å². The number of hydrogen-bond acceptors (Lipinski definition) is 2. The average Bonchev–Trinajstić information content (AvgIpc) is 2.55. The summed E-state index contributed by atoms with van der Waals surface area (Å²) in [5.74, 6) is 1.19. The minimum Gasteiger partial charge on any atom is -0.494 e. The van der Waals surface area contributed by atoms with Gasteiger partial charge in [-0.2, -0.15) is 0 Å². The van der Waals surface area contributed by atoms with Crippen LogP contribution in [0.1, 0.15) is 43.7 Å². The summed E-state index contributed by atoms with van der Waals surface area (Å²) in [6.45, 7) is 4.64. The number of halogens is 1. The van der Waals surface area contributed by atoms with E-state index in [0.29, 0.717) is 12.5 Å². The number of rotatable bonds is 5. The number of alkyl halides is 1. The van der Waals surface area contributed by atoms with E-state index in [9.17, 15) is 4.79 Å². The first kappa shape index (κ1) is 15.9. The highest BCUT2D eigenvalue weighted by Gasteiger charge is 2.47. The summed E-state index contributed by atoms with van der Waals surface area (Å²) < 4.78 is 5.78. The number of benzene rings is 1. The van der Waals surface area contributed by atoms with Crippen LogP contribution in [-0.4, -0.2) is 35.8 Å². The largest absolute Gasteiger partial charge is 0.494 e. The fraction of sp³-hybridized carbons (Fsp3) is 0.611. The highest BCUT2D eigenvalue weighted by atomic mass is 79.9. The number of nitrogens with zero attached hydrogens (tertiary/aromatic N) is 1. The zero-order valence-corrected chi connectivity index (χ0v) is 14.8. The molecule has 1 atom stereocenters. The monoisotopic (exact) mass is 365 g/mol. The zero-order chi connectivity index (χ0) is 15.6. The number of carbonyl (C=O) groups excluding carboxylic acids is 1. The van der Waals surface area contributed by atoms with Crippen molar-refractivity contribution in [3.8, 4) is 5.75 Å². The van der Waals surface area contributed by atoms with Gasteiger partial charge in [-0.15, -0.1) is 0 Å². The highest BCUT2D eigenvalue weighted by molar-refractivity contribution is 9.09. The van der Waals surface area contributed by atoms with Crippen molar-refractivity contribution >= 4 is 21.8 Å². The molecular formula is C18H24BrNO2. The molecule has 1 heterocycles. The minimum atomic E-state index is -0.346. The van der Waals surface area contributed by atoms with E-state index in [1.54, 1.807) is 0 Å². The number of piperidine rings is 1. The fourth-order valence-corrected chi connectivity index (χ4v) is 3.79. The van der Waals surface area contributed by atoms with Crippen LogP contribution >= 0.6 is 15.9 Å². The maximum atomic E-state index is 12.9. The summed E-state index contributed by atoms with van der Waals surface area (Å²) in [7, 11) is 0. The molecular weight excluding hydrogens is 342 g/mol. The molecule has 0 N–H and O–H groups in total. The van der Waals surface area contributed by atoms with Crippen LogP contribution in [0.4, 0.5) is 0 Å². The predicted octanol–water partition coefficient (Wildman–Crippen LogP) is 3.68. The van der Waals surface area contributed by atoms with Crippen LogP contribution in [0, 0.1) is 0 Å². The number of likely N-dealkylation sites (tertiary alicyclic amines) is 1. The van der Waals surface area contributed by atoms with Gasteiger partial charge < -0.3 is 9.64 Å². The lowest BCUT2D eigenvalue weighted by atomic mass is 9.64. The van der Waals surface area contributed by atoms with Crippen molar-refractivity contribution in [2.24, 2.45) is 0 Å². The van der Waals surface area contributed by atoms with Gasteiger partial charge >= 0.3 is 0 Å². The van der Waals surface area contributed by atoms with Gasteiger partial charge in [0.1, 0.15) is 5.75 Å². The fourth-order valence-electron chi connectivity index (χ4n) is 3.56. The summed E-state index contributed by atoms with van der Waals surface area (Å²) in [6.07, 6.45) is 5.39. The number of hydrogen-bond donors (Lipinski definition) is 0. The van der Waals surface area contributed by atoms with Crippen molar-refractivity contribution in [2.45, 2.75) is 44.4 Å². The first-order valence-electron chi connectivity index (χ1n) is 8.27. The summed E-state index contributed by atoms with van der Waals surface area (Å²) in [5, 5.41) is 0.948. The Morgan fingerprint density at radius 3 is 2.82 bits per heavy atom. The predicted molar refractivity (Wildman–Crippen MR) is 91.8 cm³/mol. The van der Waals surface area contributed by atoms with Gasteiger partial charge in [-0.05, 0) is 62.3 Å². The molecule has 1 fully saturated rings. The van der Waals surface area contributed by atoms with Gasteiger partial charge in [0.2, 0.25) is 5.91 Å². The summed E-state index contributed by atoms with van der Waals surface area (Å²) in [5.41, 5.74) is 2.11. The van der Waals surface area contributed by atoms with Gasteiger partial charge in [0.15, 0.2) is 0 Å². The standard InChI is InChI=1S/C18H24BrNO2/c1-18(17(21)20-9-3-2-4-10-20)13-14-6-7-15(12-16(14)18)22-11-5-8-19/h6-7,12H,2-5,8-11,13H2,1H3. The Hall–Kier alpha value is -1.03. The molecule has 0 aromatic heterocycles. The molecule has 2 aliphatic rings. The average molecular weight is 366 g/mol. The molecule has 0 bridgehead atoms. The molecule has 0 spiro atoms. The van der Waals surface area contributed by atoms with E-state index in [-0.39, 0.29) is 5.41 Å². The lowest BCUT2D eigenvalue weighted by molar-refractivity contribution is -0.138. The molecule has 1 aliphatic carbocycles. The third-order valence-corrected chi connectivity index (χ3v) is 5.44. The van der Waals surface area contributed by atoms with Crippen LogP contribution in [0.25, 0.3) is 0 Å². The van der Waals surface area contributed by atoms with Crippen molar-refractivity contribution < 1.29 is 9.53 Å². The van der Waals surface area contributed by atoms with Crippen molar-refractivity contribution in [1.82, 2.24) is 4.90 Å². The number of ether oxygens (including phenoxy) is 1. The molecule has 1 aromatic carbocycles. The lowest BCUT2D eigenvalue weighted by Crippen LogP contribution is -2.52. The Morgan fingerprint density at radius 1 is 1.32 bits per heavy atom. The lowest BCUT2D eigenvalue weighted by Gasteiger charge is -2.44. The van der Waals surface area contributed by atoms with E-state index in [1.807, 2.05) is 6.07 Å². The van der Waals surface area contributed by atoms with Crippen LogP contribution in [0.2, 0.25) is 0 Å². The molecule has 4 heteroatoms. The summed E-state index contributed by atoms with van der Waals surface area (Å²) in [6, 6.07) is 6.22. The van der Waals surface area contributed by atoms with E-state index in [1.165, 1.54) is 17.5 Å². The van der Waals surface area contributed by atoms with E-state index in [2.05, 4.69) is 39.9 Å². The minimum absolute atomic E-state index is 0.303. The van der Waals surface area contributed by atoms with Crippen LogP contribution in [0.5, 0.6) is 5.75 Å². The van der Waals surface area contributed by atoms with E-state index in [0.717, 1.165) is 49.9 Å². The van der Waals surface area contributed by atoms with Crippen molar-refractivity contribution in [2.75, 3.05) is 25.0 Å². The Bertz CT molecular complexity index is 554. The van der Waals surface area contributed by atoms with Gasteiger partial charge in [0.05, 0.1) is 12.0 Å². The first-order chi connectivity index (χ1) is 10.6. The molecule has 3 nitrogen and oxygen atoms in total. The molecule has 1 saturated heterocycles. The third-order valence-electron chi connectivity index (χ3n) is 4.88. The van der Waals surface area contributed by atoms with Gasteiger partial charge in [-0.25, -0.2) is 0 Å². The zero-order valence-electron chi connectivity index (χ0n) is 13.2. The second-order valence-corrected chi connectivity index (χ2v) is 7.36. The molecule has 3 rings (SSSR count). The smallest absolute Gasteiger partial charge is 0.233 e. The van der Waals surface area contributed by atoms with E-state index in [4.69, 9.17) is 4.74 Å². The molecule has 1 unspecified atom stereocenters. The summed E-state index contributed by atoms with van der Waals surface area (Å²) in [4.78, 5) is 15.0. The third kappa shape index (κ3) is 2.90. The second-order valence-electron chi connectivity index (χ2n) is 6.57. The topological polar surface area (TPSA) is 29.5 Å². The number of amides is 1. The Kier molecular flexibility index (Phi) is 4.76. The molecule has 1 aliphatic heterocycles. The van der Waals surface area contributed by atoms with Crippen molar-refractivity contribution in [3.63, 3.8) is 0 Å². The molecule has 120 valence electrons. The van der Waals surface area contributed by atoms with Crippen LogP contribution in [-0.2, 0) is 16.6 Å². The van der Waals surface area contributed by atoms with Crippen LogP contribution in [0.15, 0.2) is 18.2 Å².